The molecule has 0 fully saturated rings. The summed E-state index contributed by atoms with van der Waals surface area (Å²) in [5.41, 5.74) is 7.01. The van der Waals surface area contributed by atoms with Crippen molar-refractivity contribution in [1.29, 1.82) is 0 Å². The van der Waals surface area contributed by atoms with Gasteiger partial charge in [-0.2, -0.15) is 0 Å². The van der Waals surface area contributed by atoms with Crippen LogP contribution in [0.3, 0.4) is 0 Å². The molecule has 0 spiro atoms. The van der Waals surface area contributed by atoms with Gasteiger partial charge in [-0.25, -0.2) is 9.97 Å². The highest BCUT2D eigenvalue weighted by Crippen LogP contribution is 2.20. The highest BCUT2D eigenvalue weighted by Gasteiger charge is 2.06. The molecule has 0 bridgehead atoms. The molecule has 0 aromatic carbocycles. The molecule has 14 heavy (non-hydrogen) atoms. The number of nitrogens with zero attached hydrogens (tertiary/aromatic N) is 3. The van der Waals surface area contributed by atoms with Crippen molar-refractivity contribution in [3.05, 3.63) is 35.2 Å². The van der Waals surface area contributed by atoms with Crippen LogP contribution in [0.5, 0.6) is 0 Å². The van der Waals surface area contributed by atoms with Crippen LogP contribution in [0.4, 0.5) is 5.82 Å². The van der Waals surface area contributed by atoms with Gasteiger partial charge < -0.3 is 5.73 Å². The molecule has 2 aromatic heterocycles. The summed E-state index contributed by atoms with van der Waals surface area (Å²) < 4.78 is 0.646. The number of hydrogen-bond donors (Lipinski definition) is 1. The maximum absolute atomic E-state index is 5.69. The van der Waals surface area contributed by atoms with Crippen molar-refractivity contribution in [2.45, 2.75) is 0 Å². The van der Waals surface area contributed by atoms with Crippen LogP contribution in [-0.2, 0) is 0 Å². The minimum absolute atomic E-state index is 0.381. The molecule has 0 radical (unpaired) electrons. The van der Waals surface area contributed by atoms with E-state index in [2.05, 4.69) is 30.9 Å². The first-order chi connectivity index (χ1) is 6.77. The smallest absolute Gasteiger partial charge is 0.151 e. The second kappa shape index (κ2) is 3.71. The Morgan fingerprint density at radius 3 is 2.79 bits per heavy atom. The first kappa shape index (κ1) is 9.08. The number of halogens is 1. The van der Waals surface area contributed by atoms with Crippen molar-refractivity contribution in [2.24, 2.45) is 0 Å². The van der Waals surface area contributed by atoms with Crippen LogP contribution in [0.2, 0.25) is 0 Å². The molecule has 2 rings (SSSR count). The molecule has 2 aromatic rings. The maximum atomic E-state index is 5.69. The Labute approximate surface area is 89.4 Å². The average Bonchev–Trinajstić information content (AvgIpc) is 2.23. The highest BCUT2D eigenvalue weighted by atomic mass is 79.9. The summed E-state index contributed by atoms with van der Waals surface area (Å²) in [5, 5.41) is 0. The van der Waals surface area contributed by atoms with Crippen LogP contribution in [0.25, 0.3) is 11.4 Å². The largest absolute Gasteiger partial charge is 0.382 e. The Morgan fingerprint density at radius 1 is 1.21 bits per heavy atom. The zero-order valence-electron chi connectivity index (χ0n) is 7.18. The summed E-state index contributed by atoms with van der Waals surface area (Å²) in [6, 6.07) is 5.56. The Kier molecular flexibility index (Phi) is 2.41. The zero-order chi connectivity index (χ0) is 9.97. The van der Waals surface area contributed by atoms with Gasteiger partial charge in [-0.05, 0) is 28.1 Å². The summed E-state index contributed by atoms with van der Waals surface area (Å²) in [7, 11) is 0. The van der Waals surface area contributed by atoms with Crippen molar-refractivity contribution < 1.29 is 0 Å². The van der Waals surface area contributed by atoms with Gasteiger partial charge in [-0.1, -0.05) is 6.07 Å². The van der Waals surface area contributed by atoms with Gasteiger partial charge in [0.05, 0.1) is 11.9 Å². The fourth-order valence-electron chi connectivity index (χ4n) is 1.07. The van der Waals surface area contributed by atoms with Crippen molar-refractivity contribution >= 4 is 21.7 Å². The second-order valence-electron chi connectivity index (χ2n) is 2.64. The van der Waals surface area contributed by atoms with Crippen molar-refractivity contribution in [3.63, 3.8) is 0 Å². The number of aromatic nitrogens is 3. The van der Waals surface area contributed by atoms with Crippen molar-refractivity contribution in [2.75, 3.05) is 5.73 Å². The molecule has 0 aliphatic heterocycles. The van der Waals surface area contributed by atoms with Gasteiger partial charge in [0.2, 0.25) is 0 Å². The number of nitrogens with two attached hydrogens (primary N) is 1. The SMILES string of the molecule is Nc1ncc(Br)nc1-c1ccccn1. The monoisotopic (exact) mass is 250 g/mol. The number of nitrogen functional groups attached to an aromatic ring is 1. The first-order valence-corrected chi connectivity index (χ1v) is 4.76. The van der Waals surface area contributed by atoms with Gasteiger partial charge in [-0.15, -0.1) is 0 Å². The predicted octanol–water partition coefficient (Wildman–Crippen LogP) is 1.88. The van der Waals surface area contributed by atoms with E-state index in [4.69, 9.17) is 5.73 Å². The van der Waals surface area contributed by atoms with E-state index in [1.165, 1.54) is 0 Å². The maximum Gasteiger partial charge on any atom is 0.151 e. The quantitative estimate of drug-likeness (QED) is 0.840. The molecule has 0 saturated carbocycles. The number of anilines is 1. The fraction of sp³-hybridized carbons (Fsp3) is 0. The number of rotatable bonds is 1. The molecule has 0 aliphatic carbocycles. The Morgan fingerprint density at radius 2 is 2.07 bits per heavy atom. The summed E-state index contributed by atoms with van der Waals surface area (Å²) >= 11 is 3.24. The molecule has 0 atom stereocenters. The lowest BCUT2D eigenvalue weighted by Crippen LogP contribution is -1.98. The van der Waals surface area contributed by atoms with E-state index < -0.39 is 0 Å². The van der Waals surface area contributed by atoms with E-state index in [1.54, 1.807) is 12.4 Å². The number of hydrogen-bond acceptors (Lipinski definition) is 4. The van der Waals surface area contributed by atoms with Crippen LogP contribution >= 0.6 is 15.9 Å². The van der Waals surface area contributed by atoms with Gasteiger partial charge in [-0.3, -0.25) is 4.98 Å². The minimum atomic E-state index is 0.381. The summed E-state index contributed by atoms with van der Waals surface area (Å²) in [4.78, 5) is 12.3. The Balaban J connectivity index is 2.57. The van der Waals surface area contributed by atoms with Crippen molar-refractivity contribution in [1.82, 2.24) is 15.0 Å². The summed E-state index contributed by atoms with van der Waals surface area (Å²) in [6.07, 6.45) is 3.25. The van der Waals surface area contributed by atoms with Gasteiger partial charge in [0.1, 0.15) is 10.3 Å². The third-order valence-electron chi connectivity index (χ3n) is 1.68. The van der Waals surface area contributed by atoms with E-state index in [-0.39, 0.29) is 0 Å². The lowest BCUT2D eigenvalue weighted by Gasteiger charge is -2.02. The molecule has 0 saturated heterocycles. The lowest BCUT2D eigenvalue weighted by molar-refractivity contribution is 1.15. The highest BCUT2D eigenvalue weighted by molar-refractivity contribution is 9.10. The summed E-state index contributed by atoms with van der Waals surface area (Å²) in [6.45, 7) is 0. The number of pyridine rings is 1. The normalized spacial score (nSPS) is 10.1. The minimum Gasteiger partial charge on any atom is -0.382 e. The topological polar surface area (TPSA) is 64.7 Å². The third-order valence-corrected chi connectivity index (χ3v) is 2.06. The Hall–Kier alpha value is -1.49. The molecule has 0 aliphatic rings. The summed E-state index contributed by atoms with van der Waals surface area (Å²) in [5.74, 6) is 0.381. The van der Waals surface area contributed by atoms with Crippen LogP contribution < -0.4 is 5.73 Å². The average molecular weight is 251 g/mol. The van der Waals surface area contributed by atoms with Crippen LogP contribution in [-0.4, -0.2) is 15.0 Å². The van der Waals surface area contributed by atoms with Gasteiger partial charge in [0.25, 0.3) is 0 Å². The van der Waals surface area contributed by atoms with Crippen LogP contribution in [0.15, 0.2) is 35.2 Å². The van der Waals surface area contributed by atoms with E-state index in [9.17, 15) is 0 Å². The van der Waals surface area contributed by atoms with Gasteiger partial charge >= 0.3 is 0 Å². The molecular formula is C9H7BrN4. The van der Waals surface area contributed by atoms with E-state index in [0.29, 0.717) is 16.1 Å². The molecular weight excluding hydrogens is 244 g/mol. The first-order valence-electron chi connectivity index (χ1n) is 3.97. The standard InChI is InChI=1S/C9H7BrN4/c10-7-5-13-9(11)8(14-7)6-3-1-2-4-12-6/h1-5H,(H2,11,13). The second-order valence-corrected chi connectivity index (χ2v) is 3.45. The van der Waals surface area contributed by atoms with Gasteiger partial charge in [0, 0.05) is 6.20 Å². The van der Waals surface area contributed by atoms with E-state index in [0.717, 1.165) is 5.69 Å². The molecule has 5 heteroatoms. The fourth-order valence-corrected chi connectivity index (χ4v) is 1.35. The molecule has 0 unspecified atom stereocenters. The Bertz CT molecular complexity index is 444. The van der Waals surface area contributed by atoms with Gasteiger partial charge in [0.15, 0.2) is 5.82 Å². The zero-order valence-corrected chi connectivity index (χ0v) is 8.77. The molecule has 2 N–H and O–H groups in total. The molecule has 0 amide bonds. The predicted molar refractivity (Wildman–Crippen MR) is 57.4 cm³/mol. The lowest BCUT2D eigenvalue weighted by atomic mass is 10.2. The third kappa shape index (κ3) is 1.72. The molecule has 2 heterocycles. The van der Waals surface area contributed by atoms with E-state index >= 15 is 0 Å². The van der Waals surface area contributed by atoms with E-state index in [1.807, 2.05) is 18.2 Å². The molecule has 70 valence electrons. The molecule has 4 nitrogen and oxygen atoms in total. The van der Waals surface area contributed by atoms with Crippen molar-refractivity contribution in [3.8, 4) is 11.4 Å². The van der Waals surface area contributed by atoms with Crippen LogP contribution in [0.1, 0.15) is 0 Å². The van der Waals surface area contributed by atoms with Crippen LogP contribution in [0, 0.1) is 0 Å².